The smallest absolute Gasteiger partial charge is 0.339 e. The van der Waals surface area contributed by atoms with Crippen LogP contribution in [0.15, 0.2) is 48.5 Å². The zero-order valence-corrected chi connectivity index (χ0v) is 16.7. The van der Waals surface area contributed by atoms with Crippen molar-refractivity contribution in [1.29, 1.82) is 0 Å². The van der Waals surface area contributed by atoms with Crippen LogP contribution in [0.4, 0.5) is 5.69 Å². The van der Waals surface area contributed by atoms with Crippen LogP contribution in [-0.4, -0.2) is 36.1 Å². The van der Waals surface area contributed by atoms with Crippen molar-refractivity contribution >= 4 is 52.4 Å². The van der Waals surface area contributed by atoms with Crippen LogP contribution in [0.2, 0.25) is 0 Å². The van der Waals surface area contributed by atoms with Gasteiger partial charge in [-0.2, -0.15) is 0 Å². The monoisotopic (exact) mass is 430 g/mol. The normalized spacial score (nSPS) is 12.0. The zero-order valence-electron chi connectivity index (χ0n) is 14.5. The lowest BCUT2D eigenvalue weighted by atomic mass is 10.1. The molecule has 0 aliphatic rings. The summed E-state index contributed by atoms with van der Waals surface area (Å²) < 4.78 is 7.90. The number of alkyl halides is 3. The Labute approximate surface area is 171 Å². The summed E-state index contributed by atoms with van der Waals surface area (Å²) in [7, 11) is 2.79. The fourth-order valence-electron chi connectivity index (χ4n) is 2.21. The lowest BCUT2D eigenvalue weighted by Crippen LogP contribution is -2.49. The fraction of sp³-hybridized carbons (Fsp3) is 0.222. The molecule has 2 aromatic carbocycles. The first-order valence-electron chi connectivity index (χ1n) is 7.71. The van der Waals surface area contributed by atoms with Crippen molar-refractivity contribution in [2.45, 2.75) is 9.96 Å². The maximum atomic E-state index is 12.5. The minimum absolute atomic E-state index is 0.234. The van der Waals surface area contributed by atoms with Crippen molar-refractivity contribution < 1.29 is 19.1 Å². The van der Waals surface area contributed by atoms with Gasteiger partial charge in [0, 0.05) is 5.56 Å². The second-order valence-electron chi connectivity index (χ2n) is 5.36. The molecule has 0 aromatic heterocycles. The van der Waals surface area contributed by atoms with Crippen LogP contribution in [0.5, 0.6) is 5.75 Å². The van der Waals surface area contributed by atoms with E-state index in [4.69, 9.17) is 44.3 Å². The SMILES string of the molecule is COC(=O)c1ccccc1N[C@@H](NC(=O)c1ccc(OC)cc1)C(Cl)(Cl)Cl. The molecular weight excluding hydrogens is 415 g/mol. The summed E-state index contributed by atoms with van der Waals surface area (Å²) in [4.78, 5) is 24.4. The number of halogens is 3. The molecule has 2 rings (SSSR count). The van der Waals surface area contributed by atoms with E-state index in [1.165, 1.54) is 14.2 Å². The number of amides is 1. The van der Waals surface area contributed by atoms with Gasteiger partial charge in [0.25, 0.3) is 5.91 Å². The predicted molar refractivity (Wildman–Crippen MR) is 106 cm³/mol. The lowest BCUT2D eigenvalue weighted by Gasteiger charge is -2.28. The minimum Gasteiger partial charge on any atom is -0.497 e. The van der Waals surface area contributed by atoms with E-state index < -0.39 is 21.8 Å². The van der Waals surface area contributed by atoms with E-state index in [1.54, 1.807) is 48.5 Å². The standard InChI is InChI=1S/C18H17Cl3N2O4/c1-26-12-9-7-11(8-10-12)15(24)23-17(18(19,20)21)22-14-6-4-3-5-13(14)16(25)27-2/h3-10,17,22H,1-2H3,(H,23,24)/t17-/m0/s1. The Balaban J connectivity index is 2.24. The molecule has 1 amide bonds. The fourth-order valence-corrected chi connectivity index (χ4v) is 2.54. The summed E-state index contributed by atoms with van der Waals surface area (Å²) in [5.41, 5.74) is 0.923. The van der Waals surface area contributed by atoms with Crippen LogP contribution < -0.4 is 15.4 Å². The van der Waals surface area contributed by atoms with Crippen LogP contribution in [0.25, 0.3) is 0 Å². The van der Waals surface area contributed by atoms with E-state index >= 15 is 0 Å². The molecule has 0 aliphatic carbocycles. The van der Waals surface area contributed by atoms with Gasteiger partial charge in [-0.25, -0.2) is 4.79 Å². The Morgan fingerprint density at radius 1 is 1.00 bits per heavy atom. The van der Waals surface area contributed by atoms with Gasteiger partial charge in [-0.05, 0) is 36.4 Å². The largest absolute Gasteiger partial charge is 0.497 e. The number of hydrogen-bond acceptors (Lipinski definition) is 5. The Morgan fingerprint density at radius 3 is 2.19 bits per heavy atom. The van der Waals surface area contributed by atoms with E-state index in [2.05, 4.69) is 10.6 Å². The highest BCUT2D eigenvalue weighted by Gasteiger charge is 2.35. The molecule has 0 spiro atoms. The Kier molecular flexibility index (Phi) is 7.18. The van der Waals surface area contributed by atoms with E-state index in [1.807, 2.05) is 0 Å². The van der Waals surface area contributed by atoms with Crippen molar-refractivity contribution in [2.24, 2.45) is 0 Å². The maximum absolute atomic E-state index is 12.5. The second kappa shape index (κ2) is 9.17. The molecule has 1 atom stereocenters. The van der Waals surface area contributed by atoms with Crippen molar-refractivity contribution in [3.63, 3.8) is 0 Å². The van der Waals surface area contributed by atoms with E-state index in [-0.39, 0.29) is 5.56 Å². The molecule has 0 heterocycles. The lowest BCUT2D eigenvalue weighted by molar-refractivity contribution is 0.0601. The topological polar surface area (TPSA) is 76.7 Å². The molecule has 0 bridgehead atoms. The van der Waals surface area contributed by atoms with Crippen LogP contribution >= 0.6 is 34.8 Å². The number of ether oxygens (including phenoxy) is 2. The molecule has 6 nitrogen and oxygen atoms in total. The number of benzene rings is 2. The number of esters is 1. The molecular formula is C18H17Cl3N2O4. The molecule has 0 saturated heterocycles. The quantitative estimate of drug-likeness (QED) is 0.410. The summed E-state index contributed by atoms with van der Waals surface area (Å²) in [6, 6.07) is 12.9. The maximum Gasteiger partial charge on any atom is 0.339 e. The number of rotatable bonds is 6. The molecule has 0 unspecified atom stereocenters. The van der Waals surface area contributed by atoms with Gasteiger partial charge in [-0.1, -0.05) is 46.9 Å². The first-order chi connectivity index (χ1) is 12.8. The van der Waals surface area contributed by atoms with Crippen molar-refractivity contribution in [3.05, 3.63) is 59.7 Å². The minimum atomic E-state index is -1.90. The van der Waals surface area contributed by atoms with Gasteiger partial charge in [0.15, 0.2) is 0 Å². The zero-order chi connectivity index (χ0) is 20.0. The summed E-state index contributed by atoms with van der Waals surface area (Å²) in [5.74, 6) is -0.436. The number of hydrogen-bond donors (Lipinski definition) is 2. The van der Waals surface area contributed by atoms with Crippen molar-refractivity contribution in [3.8, 4) is 5.75 Å². The average molecular weight is 432 g/mol. The number of anilines is 1. The van der Waals surface area contributed by atoms with Gasteiger partial charge in [-0.15, -0.1) is 0 Å². The van der Waals surface area contributed by atoms with Gasteiger partial charge in [0.05, 0.1) is 25.5 Å². The van der Waals surface area contributed by atoms with Gasteiger partial charge in [-0.3, -0.25) is 4.79 Å². The molecule has 2 N–H and O–H groups in total. The Morgan fingerprint density at radius 2 is 1.63 bits per heavy atom. The van der Waals surface area contributed by atoms with E-state index in [9.17, 15) is 9.59 Å². The number of carbonyl (C=O) groups excluding carboxylic acids is 2. The molecule has 9 heteroatoms. The summed E-state index contributed by atoms with van der Waals surface area (Å²) in [6.45, 7) is 0. The van der Waals surface area contributed by atoms with Gasteiger partial charge in [0.2, 0.25) is 3.79 Å². The molecule has 27 heavy (non-hydrogen) atoms. The van der Waals surface area contributed by atoms with Crippen LogP contribution in [-0.2, 0) is 4.74 Å². The third-order valence-corrected chi connectivity index (χ3v) is 4.24. The molecule has 0 radical (unpaired) electrons. The third-order valence-electron chi connectivity index (χ3n) is 3.59. The third kappa shape index (κ3) is 5.66. The van der Waals surface area contributed by atoms with Gasteiger partial charge < -0.3 is 20.1 Å². The number of carbonyl (C=O) groups is 2. The molecule has 2 aromatic rings. The second-order valence-corrected chi connectivity index (χ2v) is 7.73. The highest BCUT2D eigenvalue weighted by molar-refractivity contribution is 6.68. The summed E-state index contributed by atoms with van der Waals surface area (Å²) >= 11 is 18.0. The molecule has 144 valence electrons. The Hall–Kier alpha value is -2.15. The Bertz CT molecular complexity index is 807. The van der Waals surface area contributed by atoms with Gasteiger partial charge >= 0.3 is 5.97 Å². The van der Waals surface area contributed by atoms with Crippen LogP contribution in [0.3, 0.4) is 0 Å². The van der Waals surface area contributed by atoms with E-state index in [0.29, 0.717) is 17.0 Å². The number of methoxy groups -OCH3 is 2. The van der Waals surface area contributed by atoms with Crippen molar-refractivity contribution in [2.75, 3.05) is 19.5 Å². The first kappa shape index (κ1) is 21.2. The molecule has 0 fully saturated rings. The number of para-hydroxylation sites is 1. The number of nitrogens with one attached hydrogen (secondary N) is 2. The summed E-state index contributed by atoms with van der Waals surface area (Å²) in [6.07, 6.45) is -1.12. The summed E-state index contributed by atoms with van der Waals surface area (Å²) in [5, 5.41) is 5.48. The highest BCUT2D eigenvalue weighted by atomic mass is 35.6. The average Bonchev–Trinajstić information content (AvgIpc) is 2.66. The molecule has 0 aliphatic heterocycles. The van der Waals surface area contributed by atoms with E-state index in [0.717, 1.165) is 0 Å². The van der Waals surface area contributed by atoms with Gasteiger partial charge in [0.1, 0.15) is 11.9 Å². The highest BCUT2D eigenvalue weighted by Crippen LogP contribution is 2.32. The van der Waals surface area contributed by atoms with Crippen molar-refractivity contribution in [1.82, 2.24) is 5.32 Å². The first-order valence-corrected chi connectivity index (χ1v) is 8.85. The predicted octanol–water partition coefficient (Wildman–Crippen LogP) is 4.02. The molecule has 0 saturated carbocycles. The van der Waals surface area contributed by atoms with Crippen LogP contribution in [0.1, 0.15) is 20.7 Å². The van der Waals surface area contributed by atoms with Crippen LogP contribution in [0, 0.1) is 0 Å².